The predicted octanol–water partition coefficient (Wildman–Crippen LogP) is 1.11. The van der Waals surface area contributed by atoms with Crippen molar-refractivity contribution in [3.05, 3.63) is 0 Å². The molecule has 3 heteroatoms. The fraction of sp³-hybridized carbons (Fsp3) is 0.909. The zero-order valence-electron chi connectivity index (χ0n) is 8.10. The monoisotopic (exact) mass is 196 g/mol. The molecule has 0 spiro atoms. The molecule has 4 saturated carbocycles. The Kier molecular flexibility index (Phi) is 1.69. The van der Waals surface area contributed by atoms with Crippen LogP contribution >= 0.6 is 0 Å². The normalized spacial score (nSPS) is 54.9. The van der Waals surface area contributed by atoms with Crippen LogP contribution in [0.5, 0.6) is 0 Å². The lowest BCUT2D eigenvalue weighted by atomic mass is 9.50. The summed E-state index contributed by atoms with van der Waals surface area (Å²) in [6.07, 6.45) is 3.80. The van der Waals surface area contributed by atoms with Crippen LogP contribution < -0.4 is 0 Å². The van der Waals surface area contributed by atoms with Gasteiger partial charge in [0, 0.05) is 0 Å². The van der Waals surface area contributed by atoms with Gasteiger partial charge in [-0.25, -0.2) is 0 Å². The molecular formula is C11H16O3. The first-order valence-corrected chi connectivity index (χ1v) is 5.57. The maximum Gasteiger partial charge on any atom is 0.307 e. The van der Waals surface area contributed by atoms with E-state index in [0.29, 0.717) is 17.8 Å². The van der Waals surface area contributed by atoms with E-state index in [4.69, 9.17) is 5.11 Å². The van der Waals surface area contributed by atoms with Crippen molar-refractivity contribution in [3.8, 4) is 0 Å². The Hall–Kier alpha value is -0.570. The number of aliphatic carboxylic acids is 1. The van der Waals surface area contributed by atoms with Gasteiger partial charge in [-0.05, 0) is 49.4 Å². The molecule has 0 radical (unpaired) electrons. The highest BCUT2D eigenvalue weighted by Crippen LogP contribution is 2.56. The standard InChI is InChI=1S/C11H16O3/c12-10-7-2-5-1-6(4-7)9(11(13)14)8(10)3-5/h5-10,12H,1-4H2,(H,13,14)/t5?,6?,7?,8?,9-,10+/m0/s1. The van der Waals surface area contributed by atoms with Gasteiger partial charge in [0.15, 0.2) is 0 Å². The summed E-state index contributed by atoms with van der Waals surface area (Å²) < 4.78 is 0. The Morgan fingerprint density at radius 3 is 2.50 bits per heavy atom. The third-order valence-corrected chi connectivity index (χ3v) is 4.66. The average Bonchev–Trinajstić information content (AvgIpc) is 2.12. The second-order valence-electron chi connectivity index (χ2n) is 5.35. The number of carboxylic acid groups (broad SMARTS) is 1. The highest BCUT2D eigenvalue weighted by atomic mass is 16.4. The zero-order chi connectivity index (χ0) is 9.87. The number of aliphatic hydroxyl groups excluding tert-OH is 1. The van der Waals surface area contributed by atoms with Gasteiger partial charge in [-0.15, -0.1) is 0 Å². The van der Waals surface area contributed by atoms with Crippen LogP contribution in [0.25, 0.3) is 0 Å². The number of hydrogen-bond donors (Lipinski definition) is 2. The SMILES string of the molecule is O=C(O)[C@H]1C2CC3CC(C2)[C@@H](O)C1C3. The second kappa shape index (κ2) is 2.72. The maximum atomic E-state index is 11.1. The number of carboxylic acids is 1. The Morgan fingerprint density at radius 2 is 1.79 bits per heavy atom. The van der Waals surface area contributed by atoms with Crippen LogP contribution in [0.3, 0.4) is 0 Å². The summed E-state index contributed by atoms with van der Waals surface area (Å²) in [6, 6.07) is 0. The topological polar surface area (TPSA) is 57.5 Å². The summed E-state index contributed by atoms with van der Waals surface area (Å²) in [5, 5.41) is 19.1. The molecular weight excluding hydrogens is 180 g/mol. The minimum Gasteiger partial charge on any atom is -0.481 e. The van der Waals surface area contributed by atoms with Gasteiger partial charge in [0.1, 0.15) is 0 Å². The molecule has 4 fully saturated rings. The van der Waals surface area contributed by atoms with Gasteiger partial charge in [0.25, 0.3) is 0 Å². The molecule has 3 nitrogen and oxygen atoms in total. The third-order valence-electron chi connectivity index (χ3n) is 4.66. The van der Waals surface area contributed by atoms with Crippen molar-refractivity contribution in [1.82, 2.24) is 0 Å². The molecule has 0 saturated heterocycles. The van der Waals surface area contributed by atoms with E-state index in [9.17, 15) is 9.90 Å². The van der Waals surface area contributed by atoms with Gasteiger partial charge < -0.3 is 10.2 Å². The Labute approximate surface area is 83.1 Å². The van der Waals surface area contributed by atoms with E-state index >= 15 is 0 Å². The summed E-state index contributed by atoms with van der Waals surface area (Å²) >= 11 is 0. The first kappa shape index (κ1) is 8.72. The second-order valence-corrected chi connectivity index (χ2v) is 5.35. The van der Waals surface area contributed by atoms with Gasteiger partial charge in [-0.3, -0.25) is 4.79 Å². The van der Waals surface area contributed by atoms with Crippen molar-refractivity contribution in [2.45, 2.75) is 31.8 Å². The van der Waals surface area contributed by atoms with Crippen LogP contribution in [0.1, 0.15) is 25.7 Å². The summed E-state index contributed by atoms with van der Waals surface area (Å²) in [4.78, 5) is 11.1. The smallest absolute Gasteiger partial charge is 0.307 e. The largest absolute Gasteiger partial charge is 0.481 e. The molecule has 4 aliphatic rings. The van der Waals surface area contributed by atoms with Crippen molar-refractivity contribution in [3.63, 3.8) is 0 Å². The van der Waals surface area contributed by atoms with Crippen molar-refractivity contribution in [2.24, 2.45) is 29.6 Å². The molecule has 0 heterocycles. The molecule has 2 N–H and O–H groups in total. The molecule has 4 bridgehead atoms. The van der Waals surface area contributed by atoms with Crippen molar-refractivity contribution in [1.29, 1.82) is 0 Å². The first-order chi connectivity index (χ1) is 6.66. The molecule has 6 atom stereocenters. The van der Waals surface area contributed by atoms with Gasteiger partial charge in [-0.1, -0.05) is 0 Å². The minimum atomic E-state index is -0.683. The molecule has 0 aromatic rings. The highest BCUT2D eigenvalue weighted by Gasteiger charge is 2.55. The lowest BCUT2D eigenvalue weighted by molar-refractivity contribution is -0.171. The molecule has 0 aromatic heterocycles. The van der Waals surface area contributed by atoms with Gasteiger partial charge >= 0.3 is 5.97 Å². The van der Waals surface area contributed by atoms with Crippen LogP contribution in [0, 0.1) is 29.6 Å². The van der Waals surface area contributed by atoms with Crippen LogP contribution in [0.15, 0.2) is 0 Å². The first-order valence-electron chi connectivity index (χ1n) is 5.57. The summed E-state index contributed by atoms with van der Waals surface area (Å²) in [6.45, 7) is 0. The van der Waals surface area contributed by atoms with E-state index in [1.807, 2.05) is 0 Å². The minimum absolute atomic E-state index is 0.0590. The van der Waals surface area contributed by atoms with Gasteiger partial charge in [-0.2, -0.15) is 0 Å². The molecule has 78 valence electrons. The number of hydrogen-bond acceptors (Lipinski definition) is 2. The average molecular weight is 196 g/mol. The van der Waals surface area contributed by atoms with Crippen LogP contribution in [-0.4, -0.2) is 22.3 Å². The van der Waals surface area contributed by atoms with Crippen LogP contribution in [0.4, 0.5) is 0 Å². The van der Waals surface area contributed by atoms with Gasteiger partial charge in [0.2, 0.25) is 0 Å². The molecule has 4 rings (SSSR count). The van der Waals surface area contributed by atoms with Crippen LogP contribution in [-0.2, 0) is 4.79 Å². The molecule has 0 aromatic carbocycles. The Balaban J connectivity index is 1.93. The summed E-state index contributed by atoms with van der Waals surface area (Å²) in [5.41, 5.74) is 0. The van der Waals surface area contributed by atoms with Crippen molar-refractivity contribution < 1.29 is 15.0 Å². The Morgan fingerprint density at radius 1 is 1.07 bits per heavy atom. The quantitative estimate of drug-likeness (QED) is 0.660. The van der Waals surface area contributed by atoms with E-state index in [1.165, 1.54) is 0 Å². The van der Waals surface area contributed by atoms with Crippen LogP contribution in [0.2, 0.25) is 0 Å². The van der Waals surface area contributed by atoms with Crippen molar-refractivity contribution in [2.75, 3.05) is 0 Å². The molecule has 14 heavy (non-hydrogen) atoms. The van der Waals surface area contributed by atoms with E-state index in [2.05, 4.69) is 0 Å². The maximum absolute atomic E-state index is 11.1. The van der Waals surface area contributed by atoms with E-state index < -0.39 is 5.97 Å². The summed E-state index contributed by atoms with van der Waals surface area (Å²) in [7, 11) is 0. The third kappa shape index (κ3) is 0.991. The molecule has 4 unspecified atom stereocenters. The predicted molar refractivity (Wildman–Crippen MR) is 49.6 cm³/mol. The molecule has 0 amide bonds. The van der Waals surface area contributed by atoms with Crippen molar-refractivity contribution >= 4 is 5.97 Å². The number of aliphatic hydroxyl groups is 1. The number of rotatable bonds is 1. The lowest BCUT2D eigenvalue weighted by Gasteiger charge is -2.55. The van der Waals surface area contributed by atoms with E-state index in [1.54, 1.807) is 0 Å². The van der Waals surface area contributed by atoms with E-state index in [0.717, 1.165) is 25.7 Å². The number of carbonyl (C=O) groups is 1. The molecule has 0 aliphatic heterocycles. The highest BCUT2D eigenvalue weighted by molar-refractivity contribution is 5.71. The Bertz CT molecular complexity index is 276. The fourth-order valence-corrected chi connectivity index (χ4v) is 4.27. The van der Waals surface area contributed by atoms with E-state index in [-0.39, 0.29) is 17.9 Å². The van der Waals surface area contributed by atoms with Gasteiger partial charge in [0.05, 0.1) is 12.0 Å². The zero-order valence-corrected chi connectivity index (χ0v) is 8.10. The lowest BCUT2D eigenvalue weighted by Crippen LogP contribution is -2.55. The molecule has 4 aliphatic carbocycles. The fourth-order valence-electron chi connectivity index (χ4n) is 4.27. The summed E-state index contributed by atoms with van der Waals surface area (Å²) in [5.74, 6) is 0.605.